The molecule has 1 saturated heterocycles. The van der Waals surface area contributed by atoms with Crippen molar-refractivity contribution in [3.63, 3.8) is 0 Å². The normalized spacial score (nSPS) is 14.0. The van der Waals surface area contributed by atoms with E-state index in [0.717, 1.165) is 43.7 Å². The first-order valence-electron chi connectivity index (χ1n) is 10.0. The average molecular weight is 428 g/mol. The minimum atomic E-state index is -0.336. The number of aromatic nitrogens is 3. The number of nitrogens with one attached hydrogen (secondary N) is 1. The highest BCUT2D eigenvalue weighted by atomic mass is 35.5. The van der Waals surface area contributed by atoms with Gasteiger partial charge in [0.15, 0.2) is 0 Å². The van der Waals surface area contributed by atoms with Crippen LogP contribution in [0.25, 0.3) is 5.69 Å². The smallest absolute Gasteiger partial charge is 0.255 e. The highest BCUT2D eigenvalue weighted by Gasteiger charge is 2.19. The fourth-order valence-corrected chi connectivity index (χ4v) is 3.87. The van der Waals surface area contributed by atoms with Gasteiger partial charge in [-0.25, -0.2) is 14.4 Å². The SMILES string of the molecule is Cc1nccn1-c1ccc(CNc2ncc(C(=O)N3CCCCC3)cc2Cl)cc1F. The zero-order valence-electron chi connectivity index (χ0n) is 16.7. The van der Waals surface area contributed by atoms with Crippen molar-refractivity contribution in [3.8, 4) is 5.69 Å². The van der Waals surface area contributed by atoms with Crippen molar-refractivity contribution in [1.29, 1.82) is 0 Å². The summed E-state index contributed by atoms with van der Waals surface area (Å²) < 4.78 is 16.3. The van der Waals surface area contributed by atoms with Crippen molar-refractivity contribution < 1.29 is 9.18 Å². The Morgan fingerprint density at radius 1 is 1.20 bits per heavy atom. The molecule has 1 amide bonds. The fraction of sp³-hybridized carbons (Fsp3) is 0.318. The molecular formula is C22H23ClFN5O. The van der Waals surface area contributed by atoms with E-state index in [1.165, 1.54) is 12.3 Å². The van der Waals surface area contributed by atoms with E-state index in [2.05, 4.69) is 15.3 Å². The van der Waals surface area contributed by atoms with Gasteiger partial charge < -0.3 is 14.8 Å². The summed E-state index contributed by atoms with van der Waals surface area (Å²) >= 11 is 6.34. The number of hydrogen-bond acceptors (Lipinski definition) is 4. The Kier molecular flexibility index (Phi) is 5.99. The van der Waals surface area contributed by atoms with Crippen LogP contribution in [0.5, 0.6) is 0 Å². The number of anilines is 1. The van der Waals surface area contributed by atoms with Crippen LogP contribution in [0, 0.1) is 12.7 Å². The van der Waals surface area contributed by atoms with Gasteiger partial charge >= 0.3 is 0 Å². The van der Waals surface area contributed by atoms with Crippen molar-refractivity contribution in [2.75, 3.05) is 18.4 Å². The standard InChI is InChI=1S/C22H23ClFN5O/c1-15-25-7-10-29(15)20-6-5-16(11-19(20)24)13-26-21-18(23)12-17(14-27-21)22(30)28-8-3-2-4-9-28/h5-7,10-12,14H,2-4,8-9,13H2,1H3,(H,26,27). The molecule has 1 fully saturated rings. The monoisotopic (exact) mass is 427 g/mol. The molecule has 0 atom stereocenters. The molecule has 1 aromatic carbocycles. The zero-order chi connectivity index (χ0) is 21.1. The zero-order valence-corrected chi connectivity index (χ0v) is 17.5. The number of aryl methyl sites for hydroxylation is 1. The molecule has 0 radical (unpaired) electrons. The second-order valence-corrected chi connectivity index (χ2v) is 7.80. The number of nitrogens with zero attached hydrogens (tertiary/aromatic N) is 4. The first-order chi connectivity index (χ1) is 14.5. The van der Waals surface area contributed by atoms with Gasteiger partial charge in [0.05, 0.1) is 16.3 Å². The minimum absolute atomic E-state index is 0.0388. The lowest BCUT2D eigenvalue weighted by Crippen LogP contribution is -2.35. The van der Waals surface area contributed by atoms with Crippen molar-refractivity contribution in [2.24, 2.45) is 0 Å². The number of carbonyl (C=O) groups is 1. The maximum absolute atomic E-state index is 14.6. The third kappa shape index (κ3) is 4.31. The van der Waals surface area contributed by atoms with Crippen molar-refractivity contribution >= 4 is 23.3 Å². The van der Waals surface area contributed by atoms with Crippen LogP contribution in [0.4, 0.5) is 10.2 Å². The summed E-state index contributed by atoms with van der Waals surface area (Å²) in [6, 6.07) is 6.67. The number of amides is 1. The number of piperidine rings is 1. The van der Waals surface area contributed by atoms with Gasteiger partial charge in [0, 0.05) is 38.2 Å². The Hall–Kier alpha value is -2.93. The van der Waals surface area contributed by atoms with E-state index in [4.69, 9.17) is 11.6 Å². The van der Waals surface area contributed by atoms with Crippen molar-refractivity contribution in [3.05, 3.63) is 70.6 Å². The van der Waals surface area contributed by atoms with E-state index in [9.17, 15) is 9.18 Å². The first kappa shape index (κ1) is 20.3. The van der Waals surface area contributed by atoms with Crippen LogP contribution in [0.2, 0.25) is 5.02 Å². The van der Waals surface area contributed by atoms with Crippen LogP contribution < -0.4 is 5.32 Å². The van der Waals surface area contributed by atoms with E-state index in [-0.39, 0.29) is 11.7 Å². The van der Waals surface area contributed by atoms with Gasteiger partial charge in [-0.3, -0.25) is 4.79 Å². The van der Waals surface area contributed by atoms with Gasteiger partial charge in [-0.05, 0) is 49.9 Å². The fourth-order valence-electron chi connectivity index (χ4n) is 3.64. The number of halogens is 2. The van der Waals surface area contributed by atoms with Gasteiger partial charge in [0.25, 0.3) is 5.91 Å². The lowest BCUT2D eigenvalue weighted by atomic mass is 10.1. The molecule has 3 aromatic rings. The Balaban J connectivity index is 1.43. The van der Waals surface area contributed by atoms with Crippen LogP contribution >= 0.6 is 11.6 Å². The number of rotatable bonds is 5. The van der Waals surface area contributed by atoms with Crippen LogP contribution in [0.1, 0.15) is 41.0 Å². The number of imidazole rings is 1. The molecular weight excluding hydrogens is 405 g/mol. The molecule has 0 saturated carbocycles. The van der Waals surface area contributed by atoms with Gasteiger partial charge in [-0.15, -0.1) is 0 Å². The third-order valence-corrected chi connectivity index (χ3v) is 5.58. The number of carbonyl (C=O) groups excluding carboxylic acids is 1. The number of pyridine rings is 1. The van der Waals surface area contributed by atoms with E-state index >= 15 is 0 Å². The van der Waals surface area contributed by atoms with Gasteiger partial charge in [-0.2, -0.15) is 0 Å². The van der Waals surface area contributed by atoms with E-state index in [1.54, 1.807) is 29.1 Å². The molecule has 1 aliphatic rings. The summed E-state index contributed by atoms with van der Waals surface area (Å²) in [5.41, 5.74) is 1.68. The lowest BCUT2D eigenvalue weighted by Gasteiger charge is -2.26. The van der Waals surface area contributed by atoms with Crippen LogP contribution in [-0.4, -0.2) is 38.4 Å². The molecule has 30 heavy (non-hydrogen) atoms. The maximum atomic E-state index is 14.6. The molecule has 0 spiro atoms. The molecule has 8 heteroatoms. The summed E-state index contributed by atoms with van der Waals surface area (Å²) in [5, 5.41) is 3.48. The summed E-state index contributed by atoms with van der Waals surface area (Å²) in [6.07, 6.45) is 8.12. The van der Waals surface area contributed by atoms with E-state index < -0.39 is 0 Å². The predicted molar refractivity (Wildman–Crippen MR) is 115 cm³/mol. The summed E-state index contributed by atoms with van der Waals surface area (Å²) in [5.74, 6) is 0.803. The Bertz CT molecular complexity index is 1060. The third-order valence-electron chi connectivity index (χ3n) is 5.29. The van der Waals surface area contributed by atoms with E-state index in [1.807, 2.05) is 17.9 Å². The quantitative estimate of drug-likeness (QED) is 0.646. The number of likely N-dealkylation sites (tertiary alicyclic amines) is 1. The van der Waals surface area contributed by atoms with E-state index in [0.29, 0.717) is 28.6 Å². The van der Waals surface area contributed by atoms with Gasteiger partial charge in [-0.1, -0.05) is 17.7 Å². The van der Waals surface area contributed by atoms with Crippen LogP contribution in [0.3, 0.4) is 0 Å². The number of hydrogen-bond donors (Lipinski definition) is 1. The maximum Gasteiger partial charge on any atom is 0.255 e. The second-order valence-electron chi connectivity index (χ2n) is 7.39. The topological polar surface area (TPSA) is 63.1 Å². The molecule has 0 unspecified atom stereocenters. The molecule has 156 valence electrons. The van der Waals surface area contributed by atoms with Crippen molar-refractivity contribution in [1.82, 2.24) is 19.4 Å². The number of benzene rings is 1. The molecule has 6 nitrogen and oxygen atoms in total. The molecule has 2 aromatic heterocycles. The van der Waals surface area contributed by atoms with Gasteiger partial charge in [0.1, 0.15) is 17.5 Å². The highest BCUT2D eigenvalue weighted by molar-refractivity contribution is 6.33. The molecule has 1 aliphatic heterocycles. The molecule has 0 aliphatic carbocycles. The summed E-state index contributed by atoms with van der Waals surface area (Å²) in [7, 11) is 0. The first-order valence-corrected chi connectivity index (χ1v) is 10.4. The lowest BCUT2D eigenvalue weighted by molar-refractivity contribution is 0.0724. The van der Waals surface area contributed by atoms with Crippen LogP contribution in [0.15, 0.2) is 42.9 Å². The summed E-state index contributed by atoms with van der Waals surface area (Å²) in [6.45, 7) is 3.72. The minimum Gasteiger partial charge on any atom is -0.365 e. The highest BCUT2D eigenvalue weighted by Crippen LogP contribution is 2.23. The largest absolute Gasteiger partial charge is 0.365 e. The molecule has 0 bridgehead atoms. The molecule has 1 N–H and O–H groups in total. The Morgan fingerprint density at radius 2 is 2.00 bits per heavy atom. The molecule has 4 rings (SSSR count). The Labute approximate surface area is 179 Å². The predicted octanol–water partition coefficient (Wildman–Crippen LogP) is 4.61. The molecule has 3 heterocycles. The van der Waals surface area contributed by atoms with Crippen molar-refractivity contribution in [2.45, 2.75) is 32.7 Å². The summed E-state index contributed by atoms with van der Waals surface area (Å²) in [4.78, 5) is 22.9. The van der Waals surface area contributed by atoms with Gasteiger partial charge in [0.2, 0.25) is 0 Å². The van der Waals surface area contributed by atoms with Crippen LogP contribution in [-0.2, 0) is 6.54 Å². The second kappa shape index (κ2) is 8.83. The average Bonchev–Trinajstić information content (AvgIpc) is 3.18. The Morgan fingerprint density at radius 3 is 2.67 bits per heavy atom.